The number of alkyl halides is 3. The Balaban J connectivity index is 1.77. The summed E-state index contributed by atoms with van der Waals surface area (Å²) < 4.78 is 39.9. The minimum atomic E-state index is -4.48. The summed E-state index contributed by atoms with van der Waals surface area (Å²) in [5.74, 6) is 0.0727. The van der Waals surface area contributed by atoms with Crippen molar-refractivity contribution in [2.24, 2.45) is 0 Å². The molecule has 1 aromatic carbocycles. The largest absolute Gasteiger partial charge is 0.416 e. The average molecular weight is 397 g/mol. The molecular weight excluding hydrogens is 379 g/mol. The number of carbonyl (C=O) groups is 1. The SMILES string of the molecule is CCc1c(C)nc2n(c1=O)C(CC(=O)Nc1cccc(C(F)(F)F)c1)CS2. The van der Waals surface area contributed by atoms with Crippen LogP contribution in [-0.2, 0) is 17.4 Å². The number of anilines is 1. The zero-order valence-corrected chi connectivity index (χ0v) is 15.6. The molecule has 1 aliphatic rings. The predicted octanol–water partition coefficient (Wildman–Crippen LogP) is 3.81. The summed E-state index contributed by atoms with van der Waals surface area (Å²) in [6.07, 6.45) is -3.94. The fourth-order valence-corrected chi connectivity index (χ4v) is 4.26. The summed E-state index contributed by atoms with van der Waals surface area (Å²) in [6.45, 7) is 3.66. The van der Waals surface area contributed by atoms with Crippen LogP contribution in [0.4, 0.5) is 18.9 Å². The van der Waals surface area contributed by atoms with E-state index in [1.54, 1.807) is 6.92 Å². The van der Waals surface area contributed by atoms with Crippen molar-refractivity contribution >= 4 is 23.4 Å². The number of nitrogens with one attached hydrogen (secondary N) is 1. The third-order valence-electron chi connectivity index (χ3n) is 4.40. The molecule has 27 heavy (non-hydrogen) atoms. The number of hydrogen-bond donors (Lipinski definition) is 1. The first-order chi connectivity index (χ1) is 12.7. The topological polar surface area (TPSA) is 64.0 Å². The summed E-state index contributed by atoms with van der Waals surface area (Å²) in [4.78, 5) is 29.4. The predicted molar refractivity (Wildman–Crippen MR) is 97.1 cm³/mol. The van der Waals surface area contributed by atoms with Gasteiger partial charge in [-0.05, 0) is 31.5 Å². The molecule has 1 N–H and O–H groups in total. The molecule has 0 saturated heterocycles. The zero-order chi connectivity index (χ0) is 19.8. The molecule has 0 fully saturated rings. The van der Waals surface area contributed by atoms with Gasteiger partial charge in [0, 0.05) is 29.1 Å². The van der Waals surface area contributed by atoms with E-state index in [4.69, 9.17) is 0 Å². The molecule has 1 amide bonds. The molecule has 1 atom stereocenters. The van der Waals surface area contributed by atoms with Crippen molar-refractivity contribution in [1.29, 1.82) is 0 Å². The molecule has 0 radical (unpaired) electrons. The van der Waals surface area contributed by atoms with E-state index in [2.05, 4.69) is 10.3 Å². The maximum Gasteiger partial charge on any atom is 0.416 e. The molecule has 0 aliphatic carbocycles. The summed E-state index contributed by atoms with van der Waals surface area (Å²) >= 11 is 1.40. The number of nitrogens with zero attached hydrogens (tertiary/aromatic N) is 2. The van der Waals surface area contributed by atoms with Gasteiger partial charge in [0.1, 0.15) is 0 Å². The van der Waals surface area contributed by atoms with Crippen LogP contribution in [-0.4, -0.2) is 21.2 Å². The number of benzene rings is 1. The van der Waals surface area contributed by atoms with Gasteiger partial charge in [-0.15, -0.1) is 0 Å². The van der Waals surface area contributed by atoms with Crippen molar-refractivity contribution in [2.45, 2.75) is 44.1 Å². The molecule has 3 rings (SSSR count). The minimum Gasteiger partial charge on any atom is -0.326 e. The summed E-state index contributed by atoms with van der Waals surface area (Å²) in [5.41, 5.74) is 0.400. The number of amides is 1. The maximum atomic E-state index is 12.8. The third kappa shape index (κ3) is 4.02. The highest BCUT2D eigenvalue weighted by molar-refractivity contribution is 7.99. The van der Waals surface area contributed by atoms with Crippen LogP contribution < -0.4 is 10.9 Å². The number of fused-ring (bicyclic) bond motifs is 1. The van der Waals surface area contributed by atoms with E-state index >= 15 is 0 Å². The molecule has 0 spiro atoms. The fraction of sp³-hybridized carbons (Fsp3) is 0.389. The number of aryl methyl sites for hydroxylation is 1. The molecule has 2 heterocycles. The lowest BCUT2D eigenvalue weighted by molar-refractivity contribution is -0.137. The Morgan fingerprint density at radius 3 is 2.81 bits per heavy atom. The van der Waals surface area contributed by atoms with Crippen LogP contribution in [0.25, 0.3) is 0 Å². The Morgan fingerprint density at radius 2 is 2.15 bits per heavy atom. The van der Waals surface area contributed by atoms with Crippen LogP contribution in [0.3, 0.4) is 0 Å². The molecule has 5 nitrogen and oxygen atoms in total. The smallest absolute Gasteiger partial charge is 0.326 e. The maximum absolute atomic E-state index is 12.8. The van der Waals surface area contributed by atoms with Crippen molar-refractivity contribution in [3.63, 3.8) is 0 Å². The molecule has 144 valence electrons. The molecule has 2 aromatic rings. The van der Waals surface area contributed by atoms with E-state index in [9.17, 15) is 22.8 Å². The number of rotatable bonds is 4. The molecule has 1 aromatic heterocycles. The second-order valence-corrected chi connectivity index (χ2v) is 7.27. The molecule has 0 bridgehead atoms. The molecule has 1 unspecified atom stereocenters. The number of thioether (sulfide) groups is 1. The summed E-state index contributed by atoms with van der Waals surface area (Å²) in [5, 5.41) is 3.06. The van der Waals surface area contributed by atoms with E-state index in [-0.39, 0.29) is 23.7 Å². The van der Waals surface area contributed by atoms with Gasteiger partial charge in [0.2, 0.25) is 5.91 Å². The van der Waals surface area contributed by atoms with Crippen LogP contribution in [0.1, 0.15) is 36.2 Å². The van der Waals surface area contributed by atoms with Gasteiger partial charge in [-0.3, -0.25) is 14.2 Å². The van der Waals surface area contributed by atoms with E-state index in [0.717, 1.165) is 12.1 Å². The van der Waals surface area contributed by atoms with Crippen molar-refractivity contribution in [2.75, 3.05) is 11.1 Å². The number of hydrogen-bond acceptors (Lipinski definition) is 4. The first kappa shape index (κ1) is 19.5. The van der Waals surface area contributed by atoms with Crippen LogP contribution in [0, 0.1) is 6.92 Å². The van der Waals surface area contributed by atoms with Crippen molar-refractivity contribution in [1.82, 2.24) is 9.55 Å². The highest BCUT2D eigenvalue weighted by Gasteiger charge is 2.31. The Hall–Kier alpha value is -2.29. The number of halogens is 3. The second kappa shape index (κ2) is 7.38. The average Bonchev–Trinajstić information content (AvgIpc) is 2.97. The van der Waals surface area contributed by atoms with Gasteiger partial charge in [-0.1, -0.05) is 24.8 Å². The quantitative estimate of drug-likeness (QED) is 0.797. The first-order valence-corrected chi connectivity index (χ1v) is 9.41. The molecular formula is C18H18F3N3O2S. The van der Waals surface area contributed by atoms with Gasteiger partial charge >= 0.3 is 6.18 Å². The van der Waals surface area contributed by atoms with E-state index < -0.39 is 17.6 Å². The number of aromatic nitrogens is 2. The second-order valence-electron chi connectivity index (χ2n) is 6.28. The molecule has 9 heteroatoms. The minimum absolute atomic E-state index is 0.00987. The Bertz CT molecular complexity index is 940. The zero-order valence-electron chi connectivity index (χ0n) is 14.8. The van der Waals surface area contributed by atoms with Crippen LogP contribution in [0.5, 0.6) is 0 Å². The van der Waals surface area contributed by atoms with Crippen LogP contribution in [0.15, 0.2) is 34.2 Å². The van der Waals surface area contributed by atoms with E-state index in [0.29, 0.717) is 28.6 Å². The van der Waals surface area contributed by atoms with Gasteiger partial charge in [0.25, 0.3) is 5.56 Å². The van der Waals surface area contributed by atoms with Gasteiger partial charge in [0.05, 0.1) is 11.6 Å². The fourth-order valence-electron chi connectivity index (χ4n) is 3.08. The lowest BCUT2D eigenvalue weighted by Gasteiger charge is -2.15. The molecule has 1 aliphatic heterocycles. The molecule has 0 saturated carbocycles. The van der Waals surface area contributed by atoms with Gasteiger partial charge in [-0.2, -0.15) is 13.2 Å². The Kier molecular flexibility index (Phi) is 5.32. The van der Waals surface area contributed by atoms with Crippen molar-refractivity contribution < 1.29 is 18.0 Å². The normalized spacial score (nSPS) is 16.3. The van der Waals surface area contributed by atoms with Gasteiger partial charge in [0.15, 0.2) is 5.16 Å². The van der Waals surface area contributed by atoms with E-state index in [1.165, 1.54) is 28.5 Å². The highest BCUT2D eigenvalue weighted by atomic mass is 32.2. The monoisotopic (exact) mass is 397 g/mol. The summed E-state index contributed by atoms with van der Waals surface area (Å²) in [7, 11) is 0. The number of carbonyl (C=O) groups excluding carboxylic acids is 1. The Labute approximate surface area is 158 Å². The highest BCUT2D eigenvalue weighted by Crippen LogP contribution is 2.33. The Morgan fingerprint density at radius 1 is 1.41 bits per heavy atom. The summed E-state index contributed by atoms with van der Waals surface area (Å²) in [6, 6.07) is 4.10. The van der Waals surface area contributed by atoms with Crippen LogP contribution in [0.2, 0.25) is 0 Å². The lowest BCUT2D eigenvalue weighted by atomic mass is 10.1. The van der Waals surface area contributed by atoms with Crippen molar-refractivity contribution in [3.05, 3.63) is 51.4 Å². The standard InChI is InChI=1S/C18H18F3N3O2S/c1-3-14-10(2)22-17-24(16(14)26)13(9-27-17)8-15(25)23-12-6-4-5-11(7-12)18(19,20)21/h4-7,13H,3,8-9H2,1-2H3,(H,23,25). The third-order valence-corrected chi connectivity index (χ3v) is 5.50. The van der Waals surface area contributed by atoms with E-state index in [1.807, 2.05) is 6.92 Å². The van der Waals surface area contributed by atoms with Crippen LogP contribution >= 0.6 is 11.8 Å². The lowest BCUT2D eigenvalue weighted by Crippen LogP contribution is -2.30. The van der Waals surface area contributed by atoms with Gasteiger partial charge in [-0.25, -0.2) is 4.98 Å². The first-order valence-electron chi connectivity index (χ1n) is 8.42. The van der Waals surface area contributed by atoms with Gasteiger partial charge < -0.3 is 5.32 Å². The van der Waals surface area contributed by atoms with Crippen molar-refractivity contribution in [3.8, 4) is 0 Å².